The first-order chi connectivity index (χ1) is 18.4. The number of aromatic nitrogens is 3. The van der Waals surface area contributed by atoms with Gasteiger partial charge in [0.05, 0.1) is 24.6 Å². The van der Waals surface area contributed by atoms with Gasteiger partial charge >= 0.3 is 0 Å². The fourth-order valence-corrected chi connectivity index (χ4v) is 3.49. The maximum atomic E-state index is 12.8. The largest absolute Gasteiger partial charge is 0.369 e. The molecule has 1 aromatic carbocycles. The lowest BCUT2D eigenvalue weighted by molar-refractivity contribution is -0.114. The van der Waals surface area contributed by atoms with Crippen LogP contribution < -0.4 is 16.0 Å². The lowest BCUT2D eigenvalue weighted by Crippen LogP contribution is -2.16. The summed E-state index contributed by atoms with van der Waals surface area (Å²) in [4.78, 5) is 49.7. The molecule has 4 rings (SSSR count). The molecule has 0 aliphatic heterocycles. The third-order valence-corrected chi connectivity index (χ3v) is 5.18. The highest BCUT2D eigenvalue weighted by Gasteiger charge is 2.12. The zero-order valence-corrected chi connectivity index (χ0v) is 20.9. The van der Waals surface area contributed by atoms with E-state index in [1.807, 2.05) is 13.0 Å². The molecule has 0 aliphatic carbocycles. The number of aryl methyl sites for hydroxylation is 1. The van der Waals surface area contributed by atoms with E-state index in [0.29, 0.717) is 40.0 Å². The third kappa shape index (κ3) is 7.52. The van der Waals surface area contributed by atoms with Gasteiger partial charge in [0.25, 0.3) is 11.8 Å². The molecule has 0 radical (unpaired) electrons. The Morgan fingerprint density at radius 3 is 1.66 bits per heavy atom. The van der Waals surface area contributed by atoms with Gasteiger partial charge in [-0.25, -0.2) is 15.0 Å². The van der Waals surface area contributed by atoms with Crippen molar-refractivity contribution in [2.75, 3.05) is 16.0 Å². The molecule has 0 atom stereocenters. The fourth-order valence-electron chi connectivity index (χ4n) is 3.49. The SMILES string of the molecule is CC(=O)Nc1cccc(COCc2cccc(NC(=O)c3cccc(C(=O)Nc4cccc(C)n4)c3)n2)n1. The molecule has 0 bridgehead atoms. The summed E-state index contributed by atoms with van der Waals surface area (Å²) in [7, 11) is 0. The molecule has 192 valence electrons. The van der Waals surface area contributed by atoms with Gasteiger partial charge in [0, 0.05) is 23.7 Å². The summed E-state index contributed by atoms with van der Waals surface area (Å²) in [6.07, 6.45) is 0. The molecule has 0 fully saturated rings. The Kier molecular flexibility index (Phi) is 8.47. The number of hydrogen-bond acceptors (Lipinski definition) is 7. The molecule has 38 heavy (non-hydrogen) atoms. The number of hydrogen-bond donors (Lipinski definition) is 3. The number of rotatable bonds is 9. The van der Waals surface area contributed by atoms with Gasteiger partial charge in [-0.2, -0.15) is 0 Å². The minimum atomic E-state index is -0.405. The van der Waals surface area contributed by atoms with Gasteiger partial charge in [-0.05, 0) is 61.5 Å². The maximum absolute atomic E-state index is 12.8. The fraction of sp³-hybridized carbons (Fsp3) is 0.143. The second-order valence-corrected chi connectivity index (χ2v) is 8.36. The number of nitrogens with zero attached hydrogens (tertiary/aromatic N) is 3. The zero-order chi connectivity index (χ0) is 26.9. The first-order valence-electron chi connectivity index (χ1n) is 11.8. The van der Waals surface area contributed by atoms with Gasteiger partial charge in [-0.3, -0.25) is 14.4 Å². The summed E-state index contributed by atoms with van der Waals surface area (Å²) < 4.78 is 5.71. The molecule has 0 saturated heterocycles. The normalized spacial score (nSPS) is 10.5. The number of carbonyl (C=O) groups excluding carboxylic acids is 3. The van der Waals surface area contributed by atoms with Crippen LogP contribution in [0.1, 0.15) is 44.7 Å². The average Bonchev–Trinajstić information content (AvgIpc) is 2.89. The summed E-state index contributed by atoms with van der Waals surface area (Å²) in [6, 6.07) is 22.2. The molecule has 0 unspecified atom stereocenters. The Balaban J connectivity index is 1.34. The summed E-state index contributed by atoms with van der Waals surface area (Å²) in [5.74, 6) is 0.262. The van der Waals surface area contributed by atoms with Crippen molar-refractivity contribution in [3.63, 3.8) is 0 Å². The molecule has 10 heteroatoms. The van der Waals surface area contributed by atoms with E-state index in [4.69, 9.17) is 4.74 Å². The van der Waals surface area contributed by atoms with Crippen LogP contribution in [0.2, 0.25) is 0 Å². The molecule has 0 spiro atoms. The first-order valence-corrected chi connectivity index (χ1v) is 11.8. The molecule has 3 N–H and O–H groups in total. The van der Waals surface area contributed by atoms with E-state index in [1.54, 1.807) is 66.7 Å². The van der Waals surface area contributed by atoms with Crippen molar-refractivity contribution in [2.24, 2.45) is 0 Å². The molecule has 4 aromatic rings. The number of ether oxygens (including phenoxy) is 1. The van der Waals surface area contributed by atoms with Crippen molar-refractivity contribution in [3.05, 3.63) is 107 Å². The van der Waals surface area contributed by atoms with Crippen LogP contribution in [0.5, 0.6) is 0 Å². The minimum absolute atomic E-state index is 0.193. The molecule has 3 amide bonds. The lowest BCUT2D eigenvalue weighted by atomic mass is 10.1. The molecule has 0 aliphatic rings. The molecular weight excluding hydrogens is 484 g/mol. The van der Waals surface area contributed by atoms with Gasteiger partial charge in [-0.15, -0.1) is 0 Å². The first kappa shape index (κ1) is 26.1. The molecule has 3 aromatic heterocycles. The van der Waals surface area contributed by atoms with Crippen LogP contribution in [-0.4, -0.2) is 32.7 Å². The van der Waals surface area contributed by atoms with E-state index in [9.17, 15) is 14.4 Å². The van der Waals surface area contributed by atoms with E-state index in [-0.39, 0.29) is 25.0 Å². The van der Waals surface area contributed by atoms with E-state index < -0.39 is 5.91 Å². The number of carbonyl (C=O) groups is 3. The van der Waals surface area contributed by atoms with Gasteiger partial charge in [0.1, 0.15) is 17.5 Å². The number of nitrogens with one attached hydrogen (secondary N) is 3. The van der Waals surface area contributed by atoms with Gasteiger partial charge in [-0.1, -0.05) is 24.3 Å². The summed E-state index contributed by atoms with van der Waals surface area (Å²) in [6.45, 7) is 3.67. The van der Waals surface area contributed by atoms with E-state index >= 15 is 0 Å². The summed E-state index contributed by atoms with van der Waals surface area (Å²) >= 11 is 0. The van der Waals surface area contributed by atoms with E-state index in [2.05, 4.69) is 30.9 Å². The predicted octanol–water partition coefficient (Wildman–Crippen LogP) is 4.36. The Morgan fingerprint density at radius 1 is 0.658 bits per heavy atom. The molecule has 3 heterocycles. The van der Waals surface area contributed by atoms with E-state index in [1.165, 1.54) is 13.0 Å². The molecule has 0 saturated carbocycles. The van der Waals surface area contributed by atoms with Crippen LogP contribution in [0.3, 0.4) is 0 Å². The van der Waals surface area contributed by atoms with Crippen LogP contribution >= 0.6 is 0 Å². The average molecular weight is 511 g/mol. The monoisotopic (exact) mass is 510 g/mol. The van der Waals surface area contributed by atoms with Crippen molar-refractivity contribution in [1.29, 1.82) is 0 Å². The predicted molar refractivity (Wildman–Crippen MR) is 143 cm³/mol. The van der Waals surface area contributed by atoms with Crippen molar-refractivity contribution in [3.8, 4) is 0 Å². The number of pyridine rings is 3. The minimum Gasteiger partial charge on any atom is -0.369 e. The maximum Gasteiger partial charge on any atom is 0.256 e. The van der Waals surface area contributed by atoms with Crippen LogP contribution in [0.4, 0.5) is 17.5 Å². The second kappa shape index (κ2) is 12.3. The quantitative estimate of drug-likeness (QED) is 0.304. The van der Waals surface area contributed by atoms with Crippen molar-refractivity contribution in [1.82, 2.24) is 15.0 Å². The van der Waals surface area contributed by atoms with E-state index in [0.717, 1.165) is 5.69 Å². The Hall–Kier alpha value is -4.96. The topological polar surface area (TPSA) is 135 Å². The Bertz CT molecular complexity index is 1470. The van der Waals surface area contributed by atoms with Gasteiger partial charge in [0.15, 0.2) is 0 Å². The number of benzene rings is 1. The van der Waals surface area contributed by atoms with Crippen LogP contribution in [0.25, 0.3) is 0 Å². The highest BCUT2D eigenvalue weighted by Crippen LogP contribution is 2.13. The lowest BCUT2D eigenvalue weighted by Gasteiger charge is -2.09. The van der Waals surface area contributed by atoms with Gasteiger partial charge < -0.3 is 20.7 Å². The van der Waals surface area contributed by atoms with Crippen molar-refractivity contribution >= 4 is 35.2 Å². The number of anilines is 3. The standard InChI is InChI=1S/C28H26N6O4/c1-18-7-3-12-24(29-18)33-27(36)20-8-4-9-21(15-20)28(37)34-26-14-6-11-23(32-26)17-38-16-22-10-5-13-25(31-22)30-19(2)35/h3-15H,16-17H2,1-2H3,(H,29,33,36)(H,30,31,35)(H,32,34,37). The second-order valence-electron chi connectivity index (χ2n) is 8.36. The number of amides is 3. The van der Waals surface area contributed by atoms with Crippen molar-refractivity contribution in [2.45, 2.75) is 27.1 Å². The highest BCUT2D eigenvalue weighted by molar-refractivity contribution is 6.08. The van der Waals surface area contributed by atoms with Crippen LogP contribution in [0, 0.1) is 6.92 Å². The van der Waals surface area contributed by atoms with Crippen LogP contribution in [-0.2, 0) is 22.7 Å². The Morgan fingerprint density at radius 2 is 1.13 bits per heavy atom. The van der Waals surface area contributed by atoms with Crippen LogP contribution in [0.15, 0.2) is 78.9 Å². The highest BCUT2D eigenvalue weighted by atomic mass is 16.5. The van der Waals surface area contributed by atoms with Crippen molar-refractivity contribution < 1.29 is 19.1 Å². The zero-order valence-electron chi connectivity index (χ0n) is 20.9. The third-order valence-electron chi connectivity index (χ3n) is 5.18. The summed E-state index contributed by atoms with van der Waals surface area (Å²) in [5, 5.41) is 8.12. The van der Waals surface area contributed by atoms with Gasteiger partial charge in [0.2, 0.25) is 5.91 Å². The summed E-state index contributed by atoms with van der Waals surface area (Å²) in [5.41, 5.74) is 2.68. The molecular formula is C28H26N6O4. The Labute approximate surface area is 219 Å². The molecule has 10 nitrogen and oxygen atoms in total. The smallest absolute Gasteiger partial charge is 0.256 e.